The molecule has 0 saturated carbocycles. The van der Waals surface area contributed by atoms with Crippen LogP contribution in [0.4, 0.5) is 0 Å². The largest absolute Gasteiger partial charge is 1.00 e. The van der Waals surface area contributed by atoms with Crippen LogP contribution in [0.15, 0.2) is 12.1 Å². The predicted molar refractivity (Wildman–Crippen MR) is 86.0 cm³/mol. The van der Waals surface area contributed by atoms with Crippen molar-refractivity contribution in [3.63, 3.8) is 0 Å². The van der Waals surface area contributed by atoms with E-state index >= 15 is 0 Å². The zero-order valence-electron chi connectivity index (χ0n) is 14.8. The van der Waals surface area contributed by atoms with Gasteiger partial charge >= 0.3 is 51.4 Å². The van der Waals surface area contributed by atoms with E-state index in [1.54, 1.807) is 14.2 Å². The Morgan fingerprint density at radius 2 is 1.96 bits per heavy atom. The van der Waals surface area contributed by atoms with E-state index in [0.29, 0.717) is 5.82 Å². The summed E-state index contributed by atoms with van der Waals surface area (Å²) in [6.07, 6.45) is 1.67. The number of fused-ring (bicyclic) bond motifs is 1. The quantitative estimate of drug-likeness (QED) is 0.532. The van der Waals surface area contributed by atoms with E-state index in [9.17, 15) is 0 Å². The van der Waals surface area contributed by atoms with Gasteiger partial charge in [0.1, 0.15) is 11.5 Å². The second-order valence-electron chi connectivity index (χ2n) is 5.51. The van der Waals surface area contributed by atoms with E-state index < -0.39 is 0 Å². The fourth-order valence-corrected chi connectivity index (χ4v) is 3.01. The van der Waals surface area contributed by atoms with Gasteiger partial charge in [-0.3, -0.25) is 10.3 Å². The van der Waals surface area contributed by atoms with Gasteiger partial charge in [0.15, 0.2) is 0 Å². The maximum atomic E-state index is 5.60. The zero-order valence-corrected chi connectivity index (χ0v) is 18.0. The summed E-state index contributed by atoms with van der Waals surface area (Å²) in [4.78, 5) is 0. The molecule has 122 valence electrons. The van der Waals surface area contributed by atoms with Crippen LogP contribution in [-0.4, -0.2) is 34.3 Å². The maximum Gasteiger partial charge on any atom is 1.00 e. The molecule has 0 fully saturated rings. The number of hydrogen-bond acceptors (Lipinski definition) is 5. The molecule has 7 nitrogen and oxygen atoms in total. The van der Waals surface area contributed by atoms with Gasteiger partial charge in [-0.05, 0) is 32.8 Å². The Labute approximate surface area is 183 Å². The van der Waals surface area contributed by atoms with Crippen LogP contribution in [0.3, 0.4) is 0 Å². The van der Waals surface area contributed by atoms with E-state index in [1.165, 1.54) is 5.69 Å². The van der Waals surface area contributed by atoms with Crippen LogP contribution >= 0.6 is 0 Å². The van der Waals surface area contributed by atoms with Gasteiger partial charge in [-0.2, -0.15) is 5.21 Å². The number of rotatable bonds is 6. The van der Waals surface area contributed by atoms with Crippen molar-refractivity contribution in [1.29, 1.82) is 0 Å². The third-order valence-electron chi connectivity index (χ3n) is 4.13. The van der Waals surface area contributed by atoms with Crippen LogP contribution in [-0.2, 0) is 13.0 Å². The summed E-state index contributed by atoms with van der Waals surface area (Å²) in [5, 5.41) is 15.9. The molecule has 0 aliphatic heterocycles. The summed E-state index contributed by atoms with van der Waals surface area (Å²) < 4.78 is 13.4. The van der Waals surface area contributed by atoms with Gasteiger partial charge in [-0.25, -0.2) is 0 Å². The van der Waals surface area contributed by atoms with Crippen molar-refractivity contribution in [3.8, 4) is 11.5 Å². The summed E-state index contributed by atoms with van der Waals surface area (Å²) in [5.41, 5.74) is 3.31. The van der Waals surface area contributed by atoms with Crippen LogP contribution in [0.25, 0.3) is 10.9 Å². The molecule has 0 unspecified atom stereocenters. The molecular formula is C16H20KN5O2. The molecule has 2 aromatic heterocycles. The number of ether oxygens (including phenoxy) is 2. The number of aromatic nitrogens is 5. The van der Waals surface area contributed by atoms with Crippen LogP contribution in [0.2, 0.25) is 0 Å². The monoisotopic (exact) mass is 353 g/mol. The molecule has 0 saturated heterocycles. The molecule has 0 aliphatic carbocycles. The first-order valence-electron chi connectivity index (χ1n) is 7.54. The van der Waals surface area contributed by atoms with Gasteiger partial charge in [0.25, 0.3) is 0 Å². The third kappa shape index (κ3) is 3.67. The average molecular weight is 353 g/mol. The first kappa shape index (κ1) is 19.4. The number of aryl methyl sites for hydroxylation is 3. The van der Waals surface area contributed by atoms with Crippen LogP contribution in [0, 0.1) is 13.8 Å². The summed E-state index contributed by atoms with van der Waals surface area (Å²) >= 11 is 0. The molecule has 2 heterocycles. The number of benzene rings is 1. The normalized spacial score (nSPS) is 10.7. The topological polar surface area (TPSA) is 76.2 Å². The van der Waals surface area contributed by atoms with Crippen molar-refractivity contribution in [2.75, 3.05) is 14.2 Å². The van der Waals surface area contributed by atoms with Crippen molar-refractivity contribution in [2.45, 2.75) is 33.2 Å². The first-order valence-corrected chi connectivity index (χ1v) is 7.54. The SMILES string of the molecule is COc1cc2c(cc(C)n2CCCc2nnn[n-]2)c(OC)c1C.[K+]. The number of nitrogens with zero attached hydrogens (tertiary/aromatic N) is 5. The Kier molecular flexibility index (Phi) is 6.82. The molecule has 0 spiro atoms. The molecule has 3 aromatic rings. The summed E-state index contributed by atoms with van der Waals surface area (Å²) in [6, 6.07) is 4.23. The van der Waals surface area contributed by atoms with Gasteiger partial charge < -0.3 is 19.1 Å². The molecule has 3 rings (SSSR count). The van der Waals surface area contributed by atoms with Gasteiger partial charge in [0.05, 0.1) is 19.7 Å². The molecule has 0 aliphatic rings. The Hall–Kier alpha value is -0.934. The Morgan fingerprint density at radius 3 is 2.58 bits per heavy atom. The minimum absolute atomic E-state index is 0. The molecule has 8 heteroatoms. The summed E-state index contributed by atoms with van der Waals surface area (Å²) in [6.45, 7) is 4.97. The number of methoxy groups -OCH3 is 2. The average Bonchev–Trinajstić information content (AvgIpc) is 3.15. The first-order chi connectivity index (χ1) is 11.2. The van der Waals surface area contributed by atoms with Gasteiger partial charge in [0, 0.05) is 35.1 Å². The van der Waals surface area contributed by atoms with Gasteiger partial charge in [-0.1, -0.05) is 0 Å². The Bertz CT molecular complexity index is 814. The second-order valence-corrected chi connectivity index (χ2v) is 5.51. The number of tetrazole rings is 1. The van der Waals surface area contributed by atoms with Crippen molar-refractivity contribution < 1.29 is 60.9 Å². The van der Waals surface area contributed by atoms with E-state index in [-0.39, 0.29) is 51.4 Å². The van der Waals surface area contributed by atoms with Gasteiger partial charge in [-0.15, -0.1) is 0 Å². The summed E-state index contributed by atoms with van der Waals surface area (Å²) in [7, 11) is 3.38. The Morgan fingerprint density at radius 1 is 1.17 bits per heavy atom. The molecule has 1 aromatic carbocycles. The van der Waals surface area contributed by atoms with E-state index in [2.05, 4.69) is 44.2 Å². The zero-order chi connectivity index (χ0) is 16.4. The third-order valence-corrected chi connectivity index (χ3v) is 4.13. The minimum atomic E-state index is 0. The Balaban J connectivity index is 0.00000208. The van der Waals surface area contributed by atoms with Crippen molar-refractivity contribution >= 4 is 10.9 Å². The van der Waals surface area contributed by atoms with E-state index in [1.807, 2.05) is 6.92 Å². The fraction of sp³-hybridized carbons (Fsp3) is 0.438. The van der Waals surface area contributed by atoms with Gasteiger partial charge in [0.2, 0.25) is 0 Å². The minimum Gasteiger partial charge on any atom is -0.496 e. The molecule has 0 bridgehead atoms. The van der Waals surface area contributed by atoms with Crippen LogP contribution in [0.1, 0.15) is 23.5 Å². The molecule has 0 N–H and O–H groups in total. The van der Waals surface area contributed by atoms with E-state index in [0.717, 1.165) is 47.4 Å². The molecule has 24 heavy (non-hydrogen) atoms. The molecule has 0 atom stereocenters. The predicted octanol–water partition coefficient (Wildman–Crippen LogP) is -0.946. The second kappa shape index (κ2) is 8.44. The van der Waals surface area contributed by atoms with Crippen molar-refractivity contribution in [3.05, 3.63) is 29.2 Å². The summed E-state index contributed by atoms with van der Waals surface area (Å²) in [5.74, 6) is 2.39. The van der Waals surface area contributed by atoms with Crippen LogP contribution in [0.5, 0.6) is 11.5 Å². The molecule has 0 radical (unpaired) electrons. The molecule has 0 amide bonds. The standard InChI is InChI=1S/C16H20N5O2.K/c1-10-8-12-13(9-14(22-3)11(2)16(12)23-4)21(10)7-5-6-15-17-19-20-18-15;/h8-9H,5-7H2,1-4H3;/q-1;+1. The van der Waals surface area contributed by atoms with Crippen molar-refractivity contribution in [2.24, 2.45) is 0 Å². The maximum absolute atomic E-state index is 5.60. The smallest absolute Gasteiger partial charge is 0.496 e. The number of hydrogen-bond donors (Lipinski definition) is 0. The molecular weight excluding hydrogens is 333 g/mol. The van der Waals surface area contributed by atoms with Crippen LogP contribution < -0.4 is 66.0 Å². The van der Waals surface area contributed by atoms with E-state index in [4.69, 9.17) is 9.47 Å². The van der Waals surface area contributed by atoms with Crippen molar-refractivity contribution in [1.82, 2.24) is 25.2 Å². The fourth-order valence-electron chi connectivity index (χ4n) is 3.01.